The van der Waals surface area contributed by atoms with Crippen LogP contribution in [-0.2, 0) is 16.6 Å². The van der Waals surface area contributed by atoms with Crippen LogP contribution in [0.3, 0.4) is 0 Å². The molecule has 0 atom stereocenters. The molecular weight excluding hydrogens is 384 g/mol. The minimum absolute atomic E-state index is 0.102. The summed E-state index contributed by atoms with van der Waals surface area (Å²) < 4.78 is 32.4. The first-order valence-corrected chi connectivity index (χ1v) is 10.9. The third kappa shape index (κ3) is 3.97. The van der Waals surface area contributed by atoms with Crippen molar-refractivity contribution in [3.8, 4) is 0 Å². The first-order chi connectivity index (χ1) is 12.7. The van der Waals surface area contributed by atoms with Crippen LogP contribution in [0.5, 0.6) is 0 Å². The van der Waals surface area contributed by atoms with Crippen LogP contribution in [-0.4, -0.2) is 37.1 Å². The molecule has 2 aromatic carbocycles. The third-order valence-corrected chi connectivity index (χ3v) is 7.27. The van der Waals surface area contributed by atoms with Crippen molar-refractivity contribution in [2.24, 2.45) is 0 Å². The molecule has 0 aliphatic rings. The zero-order chi connectivity index (χ0) is 19.8. The number of aromatic nitrogens is 1. The summed E-state index contributed by atoms with van der Waals surface area (Å²) in [7, 11) is -0.648. The largest absolute Gasteiger partial charge is 0.419 e. The molecule has 0 saturated heterocycles. The van der Waals surface area contributed by atoms with Gasteiger partial charge in [-0.25, -0.2) is 17.5 Å². The van der Waals surface area contributed by atoms with Gasteiger partial charge in [0.1, 0.15) is 0 Å². The van der Waals surface area contributed by atoms with E-state index in [1.165, 1.54) is 41.9 Å². The Hall–Kier alpha value is -2.03. The van der Waals surface area contributed by atoms with Crippen molar-refractivity contribution >= 4 is 32.9 Å². The Kier molecular flexibility index (Phi) is 5.50. The molecule has 27 heavy (non-hydrogen) atoms. The number of benzene rings is 2. The van der Waals surface area contributed by atoms with E-state index in [2.05, 4.69) is 32.0 Å². The molecule has 0 bridgehead atoms. The summed E-state index contributed by atoms with van der Waals surface area (Å²) in [5.74, 6) is 0.222. The average molecular weight is 407 g/mol. The van der Waals surface area contributed by atoms with Crippen molar-refractivity contribution in [2.45, 2.75) is 30.2 Å². The van der Waals surface area contributed by atoms with Crippen molar-refractivity contribution in [3.05, 3.63) is 58.1 Å². The van der Waals surface area contributed by atoms with Crippen LogP contribution >= 0.6 is 11.8 Å². The van der Waals surface area contributed by atoms with Gasteiger partial charge in [0.15, 0.2) is 5.58 Å². The Balaban J connectivity index is 1.82. The molecule has 3 aromatic rings. The van der Waals surface area contributed by atoms with Gasteiger partial charge >= 0.3 is 5.76 Å². The second-order valence-corrected chi connectivity index (χ2v) is 9.85. The predicted molar refractivity (Wildman–Crippen MR) is 108 cm³/mol. The molecule has 0 amide bonds. The van der Waals surface area contributed by atoms with Crippen LogP contribution < -0.4 is 5.76 Å². The van der Waals surface area contributed by atoms with Crippen LogP contribution in [0, 0.1) is 13.8 Å². The molecule has 8 heteroatoms. The lowest BCUT2D eigenvalue weighted by Crippen LogP contribution is -2.22. The zero-order valence-electron chi connectivity index (χ0n) is 15.7. The first kappa shape index (κ1) is 19.7. The van der Waals surface area contributed by atoms with E-state index in [0.717, 1.165) is 9.20 Å². The Labute approximate surface area is 162 Å². The number of sulfonamides is 1. The summed E-state index contributed by atoms with van der Waals surface area (Å²) in [6.07, 6.45) is 0. The van der Waals surface area contributed by atoms with E-state index in [9.17, 15) is 13.2 Å². The Morgan fingerprint density at radius 1 is 1.07 bits per heavy atom. The molecule has 3 rings (SSSR count). The van der Waals surface area contributed by atoms with E-state index < -0.39 is 15.8 Å². The number of rotatable bonds is 6. The summed E-state index contributed by atoms with van der Waals surface area (Å²) in [6.45, 7) is 4.63. The fourth-order valence-electron chi connectivity index (χ4n) is 2.69. The lowest BCUT2D eigenvalue weighted by molar-refractivity contribution is 0.511. The number of aryl methyl sites for hydroxylation is 3. The van der Waals surface area contributed by atoms with E-state index in [1.54, 1.807) is 17.8 Å². The quantitative estimate of drug-likeness (QED) is 0.588. The number of hydrogen-bond donors (Lipinski definition) is 0. The number of hydrogen-bond acceptors (Lipinski definition) is 5. The predicted octanol–water partition coefficient (Wildman–Crippen LogP) is 3.25. The zero-order valence-corrected chi connectivity index (χ0v) is 17.4. The fraction of sp³-hybridized carbons (Fsp3) is 0.316. The maximum Gasteiger partial charge on any atom is 0.419 e. The van der Waals surface area contributed by atoms with Gasteiger partial charge in [0.2, 0.25) is 10.0 Å². The molecule has 6 nitrogen and oxygen atoms in total. The fourth-order valence-corrected chi connectivity index (χ4v) is 4.54. The summed E-state index contributed by atoms with van der Waals surface area (Å²) in [5, 5.41) is 0. The smallest absolute Gasteiger partial charge is 0.408 e. The molecule has 0 N–H and O–H groups in total. The standard InChI is InChI=1S/C19H22N2O4S2/c1-13-5-6-15(11-14(13)2)26-10-9-21-17-8-7-16(27(23,24)20(3)4)12-18(17)25-19(21)22/h5-8,11-12H,9-10H2,1-4H3. The number of fused-ring (bicyclic) bond motifs is 1. The summed E-state index contributed by atoms with van der Waals surface area (Å²) in [4.78, 5) is 13.5. The maximum absolute atomic E-state index is 12.2. The highest BCUT2D eigenvalue weighted by Crippen LogP contribution is 2.23. The molecule has 0 radical (unpaired) electrons. The van der Waals surface area contributed by atoms with E-state index >= 15 is 0 Å². The van der Waals surface area contributed by atoms with Crippen molar-refractivity contribution < 1.29 is 12.8 Å². The molecule has 0 aliphatic heterocycles. The van der Waals surface area contributed by atoms with E-state index in [0.29, 0.717) is 17.8 Å². The number of oxazole rings is 1. The van der Waals surface area contributed by atoms with Gasteiger partial charge in [-0.3, -0.25) is 4.57 Å². The molecule has 0 unspecified atom stereocenters. The van der Waals surface area contributed by atoms with Crippen molar-refractivity contribution in [1.29, 1.82) is 0 Å². The third-order valence-electron chi connectivity index (χ3n) is 4.48. The molecule has 0 saturated carbocycles. The highest BCUT2D eigenvalue weighted by molar-refractivity contribution is 7.99. The monoisotopic (exact) mass is 406 g/mol. The van der Waals surface area contributed by atoms with Crippen molar-refractivity contribution in [3.63, 3.8) is 0 Å². The van der Waals surface area contributed by atoms with Gasteiger partial charge in [-0.15, -0.1) is 11.8 Å². The van der Waals surface area contributed by atoms with Gasteiger partial charge in [-0.2, -0.15) is 0 Å². The van der Waals surface area contributed by atoms with Crippen LogP contribution in [0.2, 0.25) is 0 Å². The second kappa shape index (κ2) is 7.53. The molecule has 144 valence electrons. The summed E-state index contributed by atoms with van der Waals surface area (Å²) in [5.41, 5.74) is 3.36. The normalized spacial score (nSPS) is 12.2. The van der Waals surface area contributed by atoms with Crippen LogP contribution in [0.25, 0.3) is 11.1 Å². The van der Waals surface area contributed by atoms with E-state index in [4.69, 9.17) is 4.42 Å². The highest BCUT2D eigenvalue weighted by Gasteiger charge is 2.19. The molecular formula is C19H22N2O4S2. The second-order valence-electron chi connectivity index (χ2n) is 6.53. The number of nitrogens with zero attached hydrogens (tertiary/aromatic N) is 2. The van der Waals surface area contributed by atoms with Gasteiger partial charge in [-0.1, -0.05) is 6.07 Å². The van der Waals surface area contributed by atoms with Gasteiger partial charge in [0, 0.05) is 37.4 Å². The Morgan fingerprint density at radius 2 is 1.81 bits per heavy atom. The molecule has 1 aromatic heterocycles. The Morgan fingerprint density at radius 3 is 2.48 bits per heavy atom. The first-order valence-electron chi connectivity index (χ1n) is 8.46. The van der Waals surface area contributed by atoms with Crippen LogP contribution in [0.1, 0.15) is 11.1 Å². The van der Waals surface area contributed by atoms with E-state index in [-0.39, 0.29) is 10.5 Å². The number of thioether (sulfide) groups is 1. The summed E-state index contributed by atoms with van der Waals surface area (Å²) >= 11 is 1.67. The van der Waals surface area contributed by atoms with Gasteiger partial charge in [-0.05, 0) is 49.2 Å². The molecule has 0 spiro atoms. The van der Waals surface area contributed by atoms with Gasteiger partial charge < -0.3 is 4.42 Å². The van der Waals surface area contributed by atoms with Gasteiger partial charge in [0.05, 0.1) is 10.4 Å². The minimum atomic E-state index is -3.57. The van der Waals surface area contributed by atoms with Gasteiger partial charge in [0.25, 0.3) is 0 Å². The maximum atomic E-state index is 12.2. The molecule has 0 aliphatic carbocycles. The Bertz CT molecular complexity index is 1140. The lowest BCUT2D eigenvalue weighted by atomic mass is 10.1. The summed E-state index contributed by atoms with van der Waals surface area (Å²) in [6, 6.07) is 10.8. The molecule has 0 fully saturated rings. The SMILES string of the molecule is Cc1ccc(SCCn2c(=O)oc3cc(S(=O)(=O)N(C)C)ccc32)cc1C. The van der Waals surface area contributed by atoms with Crippen molar-refractivity contribution in [2.75, 3.05) is 19.8 Å². The van der Waals surface area contributed by atoms with Crippen LogP contribution in [0.15, 0.2) is 55.4 Å². The topological polar surface area (TPSA) is 72.5 Å². The minimum Gasteiger partial charge on any atom is -0.408 e. The molecule has 1 heterocycles. The highest BCUT2D eigenvalue weighted by atomic mass is 32.2. The van der Waals surface area contributed by atoms with Crippen LogP contribution in [0.4, 0.5) is 0 Å². The van der Waals surface area contributed by atoms with E-state index in [1.807, 2.05) is 0 Å². The average Bonchev–Trinajstić information content (AvgIpc) is 2.92. The van der Waals surface area contributed by atoms with Crippen molar-refractivity contribution in [1.82, 2.24) is 8.87 Å². The lowest BCUT2D eigenvalue weighted by Gasteiger charge is -2.11.